The first-order chi connectivity index (χ1) is 33.0. The van der Waals surface area contributed by atoms with Gasteiger partial charge in [0, 0.05) is 19.7 Å². The second-order valence-corrected chi connectivity index (χ2v) is 18.4. The molecule has 5 aliphatic heterocycles. The van der Waals surface area contributed by atoms with Crippen molar-refractivity contribution in [2.24, 2.45) is 0 Å². The van der Waals surface area contributed by atoms with Crippen molar-refractivity contribution >= 4 is 69.2 Å². The van der Waals surface area contributed by atoms with E-state index in [4.69, 9.17) is 28.4 Å². The number of benzene rings is 2. The Labute approximate surface area is 404 Å². The van der Waals surface area contributed by atoms with E-state index >= 15 is 0 Å². The number of rotatable bonds is 10. The summed E-state index contributed by atoms with van der Waals surface area (Å²) >= 11 is 3.21. The third-order valence-electron chi connectivity index (χ3n) is 12.7. The molecule has 1 fully saturated rings. The molecule has 7 heterocycles. The SMILES string of the molecule is C=CCOC(=O)N1c2cc(C)c(OC)cc2C(=O)N2CC=C(c3ccsc3)C[C@H]2C1O.C=CCOC(=O)N1c2cc(C)c(OC)cc2C(=O)N2CC=C(c3ccsc3)C[C@H]2C1OC1CCCCO1. The summed E-state index contributed by atoms with van der Waals surface area (Å²) in [5.74, 6) is 0.656. The maximum atomic E-state index is 14.0. The first-order valence-electron chi connectivity index (χ1n) is 22.5. The maximum absolute atomic E-state index is 14.0. The van der Waals surface area contributed by atoms with Crippen LogP contribution in [0.5, 0.6) is 11.5 Å². The molecule has 4 amide bonds. The quantitative estimate of drug-likeness (QED) is 0.151. The van der Waals surface area contributed by atoms with Crippen molar-refractivity contribution in [3.63, 3.8) is 0 Å². The molecule has 358 valence electrons. The van der Waals surface area contributed by atoms with Crippen LogP contribution in [0.2, 0.25) is 0 Å². The summed E-state index contributed by atoms with van der Waals surface area (Å²) in [6, 6.07) is 9.81. The largest absolute Gasteiger partial charge is 0.496 e. The van der Waals surface area contributed by atoms with Crippen LogP contribution in [0.4, 0.5) is 21.0 Å². The predicted octanol–water partition coefficient (Wildman–Crippen LogP) is 9.20. The number of fused-ring (bicyclic) bond motifs is 4. The number of carbonyl (C=O) groups excluding carboxylic acids is 4. The number of hydrogen-bond donors (Lipinski definition) is 1. The highest BCUT2D eigenvalue weighted by Gasteiger charge is 2.48. The smallest absolute Gasteiger partial charge is 0.416 e. The van der Waals surface area contributed by atoms with Crippen LogP contribution in [0.15, 0.2) is 95.4 Å². The molecule has 0 saturated carbocycles. The van der Waals surface area contributed by atoms with Gasteiger partial charge in [-0.15, -0.1) is 0 Å². The first-order valence-corrected chi connectivity index (χ1v) is 24.4. The van der Waals surface area contributed by atoms with Crippen molar-refractivity contribution in [3.05, 3.63) is 129 Å². The molecule has 5 atom stereocenters. The zero-order chi connectivity index (χ0) is 48.1. The van der Waals surface area contributed by atoms with E-state index in [0.717, 1.165) is 46.2 Å². The van der Waals surface area contributed by atoms with Crippen LogP contribution >= 0.6 is 22.7 Å². The summed E-state index contributed by atoms with van der Waals surface area (Å²) in [5, 5.41) is 19.5. The van der Waals surface area contributed by atoms with Crippen LogP contribution in [0.25, 0.3) is 11.1 Å². The molecule has 9 rings (SSSR count). The molecule has 0 bridgehead atoms. The average molecular weight is 965 g/mol. The van der Waals surface area contributed by atoms with Gasteiger partial charge in [0.15, 0.2) is 18.7 Å². The second kappa shape index (κ2) is 21.4. The number of thiophene rings is 2. The lowest BCUT2D eigenvalue weighted by Gasteiger charge is -2.42. The van der Waals surface area contributed by atoms with Gasteiger partial charge in [-0.1, -0.05) is 37.5 Å². The number of amides is 4. The summed E-state index contributed by atoms with van der Waals surface area (Å²) in [4.78, 5) is 60.2. The van der Waals surface area contributed by atoms with Crippen LogP contribution in [0.1, 0.15) is 75.1 Å². The van der Waals surface area contributed by atoms with Crippen LogP contribution in [0.3, 0.4) is 0 Å². The number of methoxy groups -OCH3 is 2. The number of aliphatic hydroxyl groups excluding tert-OH is 1. The summed E-state index contributed by atoms with van der Waals surface area (Å²) in [5.41, 5.74) is 7.24. The zero-order valence-corrected chi connectivity index (χ0v) is 40.2. The van der Waals surface area contributed by atoms with Crippen LogP contribution in [-0.4, -0.2) is 117 Å². The highest BCUT2D eigenvalue weighted by atomic mass is 32.1. The Morgan fingerprint density at radius 1 is 0.765 bits per heavy atom. The molecule has 68 heavy (non-hydrogen) atoms. The average Bonchev–Trinajstić information content (AvgIpc) is 4.09. The normalized spacial score (nSPS) is 22.0. The van der Waals surface area contributed by atoms with Gasteiger partial charge in [-0.25, -0.2) is 19.4 Å². The molecule has 5 aliphatic rings. The van der Waals surface area contributed by atoms with E-state index in [1.165, 1.54) is 29.1 Å². The third-order valence-corrected chi connectivity index (χ3v) is 14.1. The van der Waals surface area contributed by atoms with Gasteiger partial charge in [-0.2, -0.15) is 22.7 Å². The number of aryl methyl sites for hydroxylation is 2. The van der Waals surface area contributed by atoms with Gasteiger partial charge >= 0.3 is 12.2 Å². The minimum absolute atomic E-state index is 0.00505. The van der Waals surface area contributed by atoms with Gasteiger partial charge in [-0.05, 0) is 137 Å². The number of carbonyl (C=O) groups is 4. The van der Waals surface area contributed by atoms with E-state index < -0.39 is 43.0 Å². The molecule has 4 aromatic rings. The van der Waals surface area contributed by atoms with Gasteiger partial charge in [-0.3, -0.25) is 9.59 Å². The second-order valence-electron chi connectivity index (χ2n) is 16.8. The van der Waals surface area contributed by atoms with Gasteiger partial charge in [0.2, 0.25) is 0 Å². The van der Waals surface area contributed by atoms with Gasteiger partial charge < -0.3 is 43.3 Å². The van der Waals surface area contributed by atoms with Crippen LogP contribution in [0, 0.1) is 13.8 Å². The van der Waals surface area contributed by atoms with Crippen molar-refractivity contribution < 1.29 is 52.7 Å². The van der Waals surface area contributed by atoms with Crippen molar-refractivity contribution in [2.45, 2.75) is 76.8 Å². The Morgan fingerprint density at radius 2 is 1.28 bits per heavy atom. The molecule has 2 aromatic heterocycles. The Bertz CT molecular complexity index is 2590. The predicted molar refractivity (Wildman–Crippen MR) is 261 cm³/mol. The number of ether oxygens (including phenoxy) is 6. The summed E-state index contributed by atoms with van der Waals surface area (Å²) in [7, 11) is 3.10. The van der Waals surface area contributed by atoms with E-state index in [2.05, 4.69) is 30.7 Å². The Hall–Kier alpha value is -6.24. The number of nitrogens with zero attached hydrogens (tertiary/aromatic N) is 4. The Kier molecular flexibility index (Phi) is 15.2. The summed E-state index contributed by atoms with van der Waals surface area (Å²) < 4.78 is 34.3. The Balaban J connectivity index is 0.000000187. The van der Waals surface area contributed by atoms with E-state index in [9.17, 15) is 24.3 Å². The van der Waals surface area contributed by atoms with Gasteiger partial charge in [0.25, 0.3) is 11.8 Å². The Morgan fingerprint density at radius 3 is 1.76 bits per heavy atom. The van der Waals surface area contributed by atoms with Gasteiger partial charge in [0.1, 0.15) is 24.7 Å². The van der Waals surface area contributed by atoms with Crippen molar-refractivity contribution in [2.75, 3.05) is 56.9 Å². The minimum Gasteiger partial charge on any atom is -0.496 e. The highest BCUT2D eigenvalue weighted by molar-refractivity contribution is 7.08. The van der Waals surface area contributed by atoms with Crippen LogP contribution in [-0.2, 0) is 18.9 Å². The van der Waals surface area contributed by atoms with E-state index in [0.29, 0.717) is 67.4 Å². The summed E-state index contributed by atoms with van der Waals surface area (Å²) in [6.07, 6.45) is 6.73. The standard InChI is InChI=1S/C28H32N2O6S.C23H24N2O5S/c1-4-11-35-28(32)30-22-14-18(2)24(33-3)16-21(22)26(31)29-10-8-19(20-9-13-37-17-20)15-23(29)27(30)36-25-7-5-6-12-34-25;1-4-8-30-23(28)25-18-10-14(2)20(29-3)12-17(18)21(26)24-7-5-15(11-19(24)22(25)27)16-6-9-31-13-16/h4,8-9,13-14,16-17,23,25,27H,1,5-7,10-12,15H2,2-3H3;4-6,9-10,12-13,19,22,27H,1,7-8,11H2,2-3H3/t23-,25?,27?;19-,22?/m00/s1. The molecule has 0 radical (unpaired) electrons. The summed E-state index contributed by atoms with van der Waals surface area (Å²) in [6.45, 7) is 12.3. The van der Waals surface area contributed by atoms with Crippen molar-refractivity contribution in [1.29, 1.82) is 0 Å². The molecule has 1 saturated heterocycles. The van der Waals surface area contributed by atoms with Gasteiger partial charge in [0.05, 0.1) is 48.8 Å². The maximum Gasteiger partial charge on any atom is 0.416 e. The van der Waals surface area contributed by atoms with Crippen LogP contribution < -0.4 is 19.3 Å². The fourth-order valence-electron chi connectivity index (χ4n) is 9.27. The first kappa shape index (κ1) is 48.2. The lowest BCUT2D eigenvalue weighted by atomic mass is 9.94. The van der Waals surface area contributed by atoms with E-state index in [1.807, 2.05) is 42.1 Å². The molecule has 0 spiro atoms. The molecule has 2 aromatic carbocycles. The van der Waals surface area contributed by atoms with Crippen molar-refractivity contribution in [1.82, 2.24) is 9.80 Å². The van der Waals surface area contributed by atoms with Crippen molar-refractivity contribution in [3.8, 4) is 11.5 Å². The molecule has 1 N–H and O–H groups in total. The number of hydrogen-bond acceptors (Lipinski definition) is 13. The van der Waals surface area contributed by atoms with E-state index in [1.54, 1.807) is 63.8 Å². The lowest BCUT2D eigenvalue weighted by molar-refractivity contribution is -0.196. The zero-order valence-electron chi connectivity index (χ0n) is 38.6. The third kappa shape index (κ3) is 9.71. The topological polar surface area (TPSA) is 157 Å². The monoisotopic (exact) mass is 964 g/mol. The molecular weight excluding hydrogens is 909 g/mol. The van der Waals surface area contributed by atoms with E-state index in [-0.39, 0.29) is 30.6 Å². The number of anilines is 2. The molecule has 3 unspecified atom stereocenters. The number of aliphatic hydroxyl groups is 1. The molecule has 0 aliphatic carbocycles. The lowest BCUT2D eigenvalue weighted by Crippen LogP contribution is -2.57. The molecule has 17 heteroatoms. The highest BCUT2D eigenvalue weighted by Crippen LogP contribution is 2.43. The molecule has 15 nitrogen and oxygen atoms in total. The molecular formula is C51H56N4O11S2. The fourth-order valence-corrected chi connectivity index (χ4v) is 10.6. The minimum atomic E-state index is -1.28. The fraction of sp³-hybridized carbons (Fsp3) is 0.373.